The first-order valence-electron chi connectivity index (χ1n) is 5.80. The number of hydrogen-bond donors (Lipinski definition) is 0. The van der Waals surface area contributed by atoms with E-state index in [4.69, 9.17) is 0 Å². The van der Waals surface area contributed by atoms with Gasteiger partial charge in [0.05, 0.1) is 22.1 Å². The van der Waals surface area contributed by atoms with Crippen molar-refractivity contribution in [2.45, 2.75) is 0 Å². The van der Waals surface area contributed by atoms with Crippen LogP contribution in [0.1, 0.15) is 0 Å². The van der Waals surface area contributed by atoms with Crippen molar-refractivity contribution in [1.29, 1.82) is 0 Å². The van der Waals surface area contributed by atoms with Gasteiger partial charge >= 0.3 is 0 Å². The lowest BCUT2D eigenvalue weighted by Crippen LogP contribution is -1.98. The maximum atomic E-state index is 4.45. The molecule has 0 fully saturated rings. The number of halogens is 2. The van der Waals surface area contributed by atoms with Crippen molar-refractivity contribution in [1.82, 2.24) is 9.78 Å². The van der Waals surface area contributed by atoms with Gasteiger partial charge in [-0.05, 0) is 40.2 Å². The third-order valence-corrected chi connectivity index (χ3v) is 3.95. The second kappa shape index (κ2) is 5.31. The molecule has 3 rings (SSSR count). The molecule has 1 aromatic heterocycles. The summed E-state index contributed by atoms with van der Waals surface area (Å²) in [7, 11) is 0. The molecule has 0 aliphatic rings. The Hall–Kier alpha value is -1.39. The molecule has 0 aliphatic heterocycles. The van der Waals surface area contributed by atoms with Crippen LogP contribution in [0.5, 0.6) is 0 Å². The van der Waals surface area contributed by atoms with Crippen molar-refractivity contribution in [3.05, 3.63) is 69.7 Å². The monoisotopic (exact) mass is 376 g/mol. The molecule has 0 spiro atoms. The van der Waals surface area contributed by atoms with E-state index in [0.29, 0.717) is 0 Å². The summed E-state index contributed by atoms with van der Waals surface area (Å²) < 4.78 is 3.98. The summed E-state index contributed by atoms with van der Waals surface area (Å²) >= 11 is 7.02. The van der Waals surface area contributed by atoms with Gasteiger partial charge < -0.3 is 0 Å². The van der Waals surface area contributed by atoms with E-state index in [2.05, 4.69) is 49.1 Å². The van der Waals surface area contributed by atoms with Gasteiger partial charge in [-0.15, -0.1) is 0 Å². The fourth-order valence-corrected chi connectivity index (χ4v) is 2.72. The Labute approximate surface area is 128 Å². The van der Waals surface area contributed by atoms with Gasteiger partial charge in [-0.3, -0.25) is 0 Å². The van der Waals surface area contributed by atoms with E-state index < -0.39 is 0 Å². The van der Waals surface area contributed by atoms with Gasteiger partial charge in [-0.25, -0.2) is 4.68 Å². The van der Waals surface area contributed by atoms with Gasteiger partial charge in [0.25, 0.3) is 0 Å². The molecule has 0 unspecified atom stereocenters. The van der Waals surface area contributed by atoms with E-state index in [1.807, 2.05) is 53.3 Å². The molecule has 94 valence electrons. The molecule has 0 aliphatic carbocycles. The predicted octanol–water partition coefficient (Wildman–Crippen LogP) is 5.06. The molecular weight excluding hydrogens is 368 g/mol. The molecule has 2 nitrogen and oxygen atoms in total. The zero-order valence-electron chi connectivity index (χ0n) is 9.92. The van der Waals surface area contributed by atoms with Crippen LogP contribution in [0, 0.1) is 0 Å². The number of rotatable bonds is 2. The summed E-state index contributed by atoms with van der Waals surface area (Å²) in [5, 5.41) is 4.45. The van der Waals surface area contributed by atoms with Crippen molar-refractivity contribution >= 4 is 31.9 Å². The first-order chi connectivity index (χ1) is 9.25. The summed E-state index contributed by atoms with van der Waals surface area (Å²) in [4.78, 5) is 0. The van der Waals surface area contributed by atoms with E-state index in [0.717, 1.165) is 25.9 Å². The minimum Gasteiger partial charge on any atom is -0.232 e. The molecule has 4 heteroatoms. The van der Waals surface area contributed by atoms with Crippen LogP contribution in [-0.2, 0) is 0 Å². The van der Waals surface area contributed by atoms with Gasteiger partial charge in [0, 0.05) is 10.0 Å². The van der Waals surface area contributed by atoms with Crippen LogP contribution in [0.25, 0.3) is 16.9 Å². The average molecular weight is 378 g/mol. The fourth-order valence-electron chi connectivity index (χ4n) is 1.96. The number of hydrogen-bond acceptors (Lipinski definition) is 1. The van der Waals surface area contributed by atoms with Gasteiger partial charge in [0.2, 0.25) is 0 Å². The third kappa shape index (κ3) is 2.51. The molecule has 0 bridgehead atoms. The standard InChI is InChI=1S/C15H10Br2N2/c16-12-6-8-13(9-7-12)19-15(14(17)10-18-19)11-4-2-1-3-5-11/h1-10H. The van der Waals surface area contributed by atoms with Gasteiger partial charge in [-0.1, -0.05) is 46.3 Å². The topological polar surface area (TPSA) is 17.8 Å². The molecule has 3 aromatic rings. The molecule has 0 amide bonds. The molecule has 2 aromatic carbocycles. The highest BCUT2D eigenvalue weighted by molar-refractivity contribution is 9.10. The van der Waals surface area contributed by atoms with Gasteiger partial charge in [-0.2, -0.15) is 5.10 Å². The van der Waals surface area contributed by atoms with E-state index >= 15 is 0 Å². The molecule has 0 N–H and O–H groups in total. The second-order valence-electron chi connectivity index (χ2n) is 4.10. The lowest BCUT2D eigenvalue weighted by molar-refractivity contribution is 0.887. The van der Waals surface area contributed by atoms with Crippen molar-refractivity contribution in [3.63, 3.8) is 0 Å². The molecular formula is C15H10Br2N2. The summed E-state index contributed by atoms with van der Waals surface area (Å²) in [6, 6.07) is 18.3. The Balaban J connectivity index is 2.16. The number of nitrogens with zero attached hydrogens (tertiary/aromatic N) is 2. The van der Waals surface area contributed by atoms with Gasteiger partial charge in [0.1, 0.15) is 0 Å². The largest absolute Gasteiger partial charge is 0.232 e. The Morgan fingerprint density at radius 2 is 1.53 bits per heavy atom. The molecule has 0 atom stereocenters. The number of benzene rings is 2. The van der Waals surface area contributed by atoms with Crippen molar-refractivity contribution in [2.24, 2.45) is 0 Å². The normalized spacial score (nSPS) is 10.6. The van der Waals surface area contributed by atoms with E-state index in [1.54, 1.807) is 0 Å². The Kier molecular flexibility index (Phi) is 3.53. The average Bonchev–Trinajstić information content (AvgIpc) is 2.82. The zero-order valence-corrected chi connectivity index (χ0v) is 13.1. The van der Waals surface area contributed by atoms with E-state index in [-0.39, 0.29) is 0 Å². The smallest absolute Gasteiger partial charge is 0.0883 e. The molecule has 0 radical (unpaired) electrons. The van der Waals surface area contributed by atoms with Crippen LogP contribution in [0.15, 0.2) is 69.7 Å². The summed E-state index contributed by atoms with van der Waals surface area (Å²) in [6.45, 7) is 0. The van der Waals surface area contributed by atoms with Crippen molar-refractivity contribution in [2.75, 3.05) is 0 Å². The zero-order chi connectivity index (χ0) is 13.2. The molecule has 0 saturated heterocycles. The predicted molar refractivity (Wildman–Crippen MR) is 84.4 cm³/mol. The van der Waals surface area contributed by atoms with Crippen LogP contribution >= 0.6 is 31.9 Å². The highest BCUT2D eigenvalue weighted by Gasteiger charge is 2.12. The highest BCUT2D eigenvalue weighted by Crippen LogP contribution is 2.30. The van der Waals surface area contributed by atoms with Crippen LogP contribution in [0.4, 0.5) is 0 Å². The van der Waals surface area contributed by atoms with E-state index in [1.165, 1.54) is 0 Å². The minimum atomic E-state index is 0.988. The summed E-state index contributed by atoms with van der Waals surface area (Å²) in [5.41, 5.74) is 3.23. The summed E-state index contributed by atoms with van der Waals surface area (Å²) in [5.74, 6) is 0. The Bertz CT molecular complexity index is 688. The molecule has 0 saturated carbocycles. The first-order valence-corrected chi connectivity index (χ1v) is 7.39. The van der Waals surface area contributed by atoms with Crippen LogP contribution in [0.2, 0.25) is 0 Å². The quantitative estimate of drug-likeness (QED) is 0.610. The minimum absolute atomic E-state index is 0.988. The summed E-state index contributed by atoms with van der Waals surface area (Å²) in [6.07, 6.45) is 1.82. The molecule has 19 heavy (non-hydrogen) atoms. The maximum Gasteiger partial charge on any atom is 0.0883 e. The lowest BCUT2D eigenvalue weighted by atomic mass is 10.1. The highest BCUT2D eigenvalue weighted by atomic mass is 79.9. The van der Waals surface area contributed by atoms with Crippen molar-refractivity contribution in [3.8, 4) is 16.9 Å². The van der Waals surface area contributed by atoms with Crippen LogP contribution < -0.4 is 0 Å². The van der Waals surface area contributed by atoms with Crippen LogP contribution in [0.3, 0.4) is 0 Å². The Morgan fingerprint density at radius 1 is 0.842 bits per heavy atom. The SMILES string of the molecule is Brc1ccc(-n2ncc(Br)c2-c2ccccc2)cc1. The lowest BCUT2D eigenvalue weighted by Gasteiger charge is -2.08. The second-order valence-corrected chi connectivity index (χ2v) is 5.87. The van der Waals surface area contributed by atoms with Crippen molar-refractivity contribution < 1.29 is 0 Å². The Morgan fingerprint density at radius 3 is 2.21 bits per heavy atom. The molecule has 1 heterocycles. The third-order valence-electron chi connectivity index (χ3n) is 2.84. The fraction of sp³-hybridized carbons (Fsp3) is 0. The van der Waals surface area contributed by atoms with Crippen LogP contribution in [-0.4, -0.2) is 9.78 Å². The van der Waals surface area contributed by atoms with E-state index in [9.17, 15) is 0 Å². The first kappa shape index (κ1) is 12.6. The van der Waals surface area contributed by atoms with Gasteiger partial charge in [0.15, 0.2) is 0 Å². The number of aromatic nitrogens is 2. The maximum absolute atomic E-state index is 4.45.